The molecule has 104 valence electrons. The van der Waals surface area contributed by atoms with Gasteiger partial charge >= 0.3 is 0 Å². The number of nitrogens with one attached hydrogen (secondary N) is 1. The third-order valence-electron chi connectivity index (χ3n) is 3.12. The molecule has 0 amide bonds. The molecule has 1 unspecified atom stereocenters. The fraction of sp³-hybridized carbons (Fsp3) is 0.467. The smallest absolute Gasteiger partial charge is 0.165 e. The Kier molecular flexibility index (Phi) is 4.80. The summed E-state index contributed by atoms with van der Waals surface area (Å²) in [5.74, 6) is 0.836. The average molecular weight is 265 g/mol. The van der Waals surface area contributed by atoms with E-state index in [4.69, 9.17) is 9.47 Å². The van der Waals surface area contributed by atoms with Crippen LogP contribution in [0.5, 0.6) is 5.75 Å². The Balaban J connectivity index is 2.26. The van der Waals surface area contributed by atoms with E-state index in [2.05, 4.69) is 18.3 Å². The van der Waals surface area contributed by atoms with Crippen LogP contribution in [-0.2, 0) is 4.74 Å². The lowest BCUT2D eigenvalue weighted by Crippen LogP contribution is -2.24. The number of rotatable bonds is 6. The Morgan fingerprint density at radius 3 is 2.95 bits per heavy atom. The van der Waals surface area contributed by atoms with Crippen LogP contribution in [0.2, 0.25) is 0 Å². The molecular weight excluding hydrogens is 245 g/mol. The van der Waals surface area contributed by atoms with E-state index in [1.807, 2.05) is 0 Å². The van der Waals surface area contributed by atoms with Gasteiger partial charge in [0, 0.05) is 6.42 Å². The lowest BCUT2D eigenvalue weighted by molar-refractivity contribution is 0.215. The first-order valence-electron chi connectivity index (χ1n) is 6.66. The summed E-state index contributed by atoms with van der Waals surface area (Å²) >= 11 is 0. The van der Waals surface area contributed by atoms with E-state index in [1.165, 1.54) is 13.2 Å². The molecular formula is C15H20FNO2. The summed E-state index contributed by atoms with van der Waals surface area (Å²) in [5.41, 5.74) is 0.958. The molecule has 1 aliphatic heterocycles. The van der Waals surface area contributed by atoms with Gasteiger partial charge in [-0.1, -0.05) is 13.0 Å². The van der Waals surface area contributed by atoms with E-state index in [1.54, 1.807) is 12.1 Å². The highest BCUT2D eigenvalue weighted by atomic mass is 19.1. The first-order chi connectivity index (χ1) is 9.26. The quantitative estimate of drug-likeness (QED) is 0.857. The summed E-state index contributed by atoms with van der Waals surface area (Å²) in [7, 11) is 1.47. The SMILES string of the molecule is CCCNC(C1=CCCO1)c1ccc(F)c(OC)c1. The van der Waals surface area contributed by atoms with Crippen molar-refractivity contribution >= 4 is 0 Å². The van der Waals surface area contributed by atoms with Crippen molar-refractivity contribution in [2.45, 2.75) is 25.8 Å². The Morgan fingerprint density at radius 2 is 2.32 bits per heavy atom. The molecule has 1 N–H and O–H groups in total. The minimum atomic E-state index is -0.346. The van der Waals surface area contributed by atoms with E-state index in [0.717, 1.165) is 37.3 Å². The van der Waals surface area contributed by atoms with Crippen LogP contribution in [0.3, 0.4) is 0 Å². The van der Waals surface area contributed by atoms with Crippen LogP contribution in [0.4, 0.5) is 4.39 Å². The van der Waals surface area contributed by atoms with Crippen molar-refractivity contribution < 1.29 is 13.9 Å². The van der Waals surface area contributed by atoms with Crippen LogP contribution in [0.15, 0.2) is 30.0 Å². The van der Waals surface area contributed by atoms with Gasteiger partial charge in [0.1, 0.15) is 5.76 Å². The summed E-state index contributed by atoms with van der Waals surface area (Å²) in [6.07, 6.45) is 4.04. The number of methoxy groups -OCH3 is 1. The first kappa shape index (κ1) is 13.9. The van der Waals surface area contributed by atoms with Gasteiger partial charge in [0.25, 0.3) is 0 Å². The monoisotopic (exact) mass is 265 g/mol. The second-order valence-corrected chi connectivity index (χ2v) is 4.52. The Bertz CT molecular complexity index is 459. The van der Waals surface area contributed by atoms with Crippen LogP contribution < -0.4 is 10.1 Å². The Morgan fingerprint density at radius 1 is 1.47 bits per heavy atom. The molecule has 1 aliphatic rings. The van der Waals surface area contributed by atoms with Crippen molar-refractivity contribution in [1.82, 2.24) is 5.32 Å². The minimum absolute atomic E-state index is 0.0306. The second-order valence-electron chi connectivity index (χ2n) is 4.52. The zero-order valence-electron chi connectivity index (χ0n) is 11.4. The number of halogens is 1. The van der Waals surface area contributed by atoms with Crippen LogP contribution in [-0.4, -0.2) is 20.3 Å². The van der Waals surface area contributed by atoms with Gasteiger partial charge in [-0.25, -0.2) is 4.39 Å². The summed E-state index contributed by atoms with van der Waals surface area (Å²) < 4.78 is 24.1. The van der Waals surface area contributed by atoms with Gasteiger partial charge in [-0.15, -0.1) is 0 Å². The van der Waals surface area contributed by atoms with Gasteiger partial charge in [0.05, 0.1) is 19.8 Å². The van der Waals surface area contributed by atoms with Gasteiger partial charge in [0.15, 0.2) is 11.6 Å². The maximum atomic E-state index is 13.5. The Labute approximate surface area is 113 Å². The molecule has 0 radical (unpaired) electrons. The molecule has 2 rings (SSSR count). The molecule has 3 nitrogen and oxygen atoms in total. The molecule has 1 aromatic rings. The highest BCUT2D eigenvalue weighted by molar-refractivity contribution is 5.35. The molecule has 0 aliphatic carbocycles. The molecule has 19 heavy (non-hydrogen) atoms. The summed E-state index contributed by atoms with van der Waals surface area (Å²) in [6.45, 7) is 3.71. The molecule has 1 heterocycles. The van der Waals surface area contributed by atoms with Gasteiger partial charge in [-0.2, -0.15) is 0 Å². The zero-order chi connectivity index (χ0) is 13.7. The normalized spacial score (nSPS) is 15.8. The molecule has 1 atom stereocenters. The number of ether oxygens (including phenoxy) is 2. The topological polar surface area (TPSA) is 30.5 Å². The fourth-order valence-corrected chi connectivity index (χ4v) is 2.17. The third-order valence-corrected chi connectivity index (χ3v) is 3.12. The maximum Gasteiger partial charge on any atom is 0.165 e. The third kappa shape index (κ3) is 3.26. The van der Waals surface area contributed by atoms with Gasteiger partial charge in [-0.3, -0.25) is 0 Å². The van der Waals surface area contributed by atoms with Crippen molar-refractivity contribution in [1.29, 1.82) is 0 Å². The molecule has 0 spiro atoms. The lowest BCUT2D eigenvalue weighted by atomic mass is 10.0. The van der Waals surface area contributed by atoms with Crippen molar-refractivity contribution in [3.05, 3.63) is 41.4 Å². The molecule has 4 heteroatoms. The fourth-order valence-electron chi connectivity index (χ4n) is 2.17. The van der Waals surface area contributed by atoms with Crippen molar-refractivity contribution in [3.8, 4) is 5.75 Å². The molecule has 0 aromatic heterocycles. The lowest BCUT2D eigenvalue weighted by Gasteiger charge is -2.20. The molecule has 0 saturated heterocycles. The zero-order valence-corrected chi connectivity index (χ0v) is 11.4. The summed E-state index contributed by atoms with van der Waals surface area (Å²) in [4.78, 5) is 0. The second kappa shape index (κ2) is 6.57. The highest BCUT2D eigenvalue weighted by Gasteiger charge is 2.21. The van der Waals surface area contributed by atoms with Crippen LogP contribution >= 0.6 is 0 Å². The summed E-state index contributed by atoms with van der Waals surface area (Å²) in [5, 5.41) is 3.43. The van der Waals surface area contributed by atoms with E-state index >= 15 is 0 Å². The maximum absolute atomic E-state index is 13.5. The first-order valence-corrected chi connectivity index (χ1v) is 6.66. The van der Waals surface area contributed by atoms with Gasteiger partial charge in [-0.05, 0) is 36.7 Å². The Hall–Kier alpha value is -1.55. The van der Waals surface area contributed by atoms with E-state index in [0.29, 0.717) is 0 Å². The predicted octanol–water partition coefficient (Wildman–Crippen LogP) is 3.18. The van der Waals surface area contributed by atoms with Crippen molar-refractivity contribution in [2.75, 3.05) is 20.3 Å². The van der Waals surface area contributed by atoms with Crippen LogP contribution in [0.1, 0.15) is 31.4 Å². The minimum Gasteiger partial charge on any atom is -0.496 e. The van der Waals surface area contributed by atoms with Gasteiger partial charge in [0.2, 0.25) is 0 Å². The van der Waals surface area contributed by atoms with Crippen LogP contribution in [0, 0.1) is 5.82 Å². The number of benzene rings is 1. The van der Waals surface area contributed by atoms with Crippen molar-refractivity contribution in [3.63, 3.8) is 0 Å². The van der Waals surface area contributed by atoms with Gasteiger partial charge < -0.3 is 14.8 Å². The van der Waals surface area contributed by atoms with E-state index < -0.39 is 0 Å². The molecule has 0 fully saturated rings. The largest absolute Gasteiger partial charge is 0.496 e. The van der Waals surface area contributed by atoms with E-state index in [9.17, 15) is 4.39 Å². The highest BCUT2D eigenvalue weighted by Crippen LogP contribution is 2.29. The molecule has 0 saturated carbocycles. The van der Waals surface area contributed by atoms with E-state index in [-0.39, 0.29) is 17.6 Å². The average Bonchev–Trinajstić information content (AvgIpc) is 2.95. The van der Waals surface area contributed by atoms with Crippen LogP contribution in [0.25, 0.3) is 0 Å². The predicted molar refractivity (Wildman–Crippen MR) is 72.6 cm³/mol. The molecule has 1 aromatic carbocycles. The van der Waals surface area contributed by atoms with Crippen molar-refractivity contribution in [2.24, 2.45) is 0 Å². The number of hydrogen-bond donors (Lipinski definition) is 1. The summed E-state index contributed by atoms with van der Waals surface area (Å²) in [6, 6.07) is 4.90. The molecule has 0 bridgehead atoms. The number of hydrogen-bond acceptors (Lipinski definition) is 3. The standard InChI is InChI=1S/C15H20FNO2/c1-3-8-17-15(13-5-4-9-19-13)11-6-7-12(16)14(10-11)18-2/h5-7,10,15,17H,3-4,8-9H2,1-2H3.